The second-order valence-corrected chi connectivity index (χ2v) is 7.71. The number of morpholine rings is 1. The Bertz CT molecular complexity index is 1140. The molecule has 1 fully saturated rings. The molecule has 1 aliphatic heterocycles. The maximum absolute atomic E-state index is 8.58. The van der Waals surface area contributed by atoms with Crippen LogP contribution in [0.1, 0.15) is 16.8 Å². The average molecular weight is 403 g/mol. The van der Waals surface area contributed by atoms with Gasteiger partial charge in [0, 0.05) is 29.1 Å². The van der Waals surface area contributed by atoms with Gasteiger partial charge in [-0.3, -0.25) is 0 Å². The monoisotopic (exact) mass is 403 g/mol. The summed E-state index contributed by atoms with van der Waals surface area (Å²) < 4.78 is 5.45. The van der Waals surface area contributed by atoms with Crippen LogP contribution in [0.3, 0.4) is 0 Å². The van der Waals surface area contributed by atoms with Crippen molar-refractivity contribution in [1.82, 2.24) is 15.2 Å². The van der Waals surface area contributed by atoms with Crippen molar-refractivity contribution in [3.05, 3.63) is 69.7 Å². The molecule has 2 aliphatic rings. The molecule has 5 rings (SSSR count). The van der Waals surface area contributed by atoms with Gasteiger partial charge in [0.2, 0.25) is 5.13 Å². The molecule has 8 nitrogen and oxygen atoms in total. The van der Waals surface area contributed by atoms with Crippen LogP contribution >= 0.6 is 11.3 Å². The van der Waals surface area contributed by atoms with Crippen molar-refractivity contribution >= 4 is 27.9 Å². The molecule has 0 unspecified atom stereocenters. The molecule has 0 atom stereocenters. The van der Waals surface area contributed by atoms with E-state index in [0.29, 0.717) is 5.13 Å². The summed E-state index contributed by atoms with van der Waals surface area (Å²) in [5, 5.41) is 12.7. The second-order valence-electron chi connectivity index (χ2n) is 6.75. The number of allylic oxidation sites excluding steroid dienone is 1. The topological polar surface area (TPSA) is 99.9 Å². The van der Waals surface area contributed by atoms with E-state index in [-0.39, 0.29) is 0 Å². The third-order valence-electron chi connectivity index (χ3n) is 5.06. The lowest BCUT2D eigenvalue weighted by molar-refractivity contribution is 0.122. The van der Waals surface area contributed by atoms with Gasteiger partial charge in [0.1, 0.15) is 10.8 Å². The molecule has 0 bridgehead atoms. The second kappa shape index (κ2) is 7.63. The summed E-state index contributed by atoms with van der Waals surface area (Å²) >= 11 is 1.28. The van der Waals surface area contributed by atoms with Gasteiger partial charge in [-0.15, -0.1) is 10.2 Å². The number of aromatic nitrogens is 3. The van der Waals surface area contributed by atoms with Crippen LogP contribution in [0.4, 0.5) is 10.9 Å². The Hall–Kier alpha value is -3.26. The summed E-state index contributed by atoms with van der Waals surface area (Å²) in [6.45, 7) is 3.20. The van der Waals surface area contributed by atoms with Crippen LogP contribution in [-0.2, 0) is 11.2 Å². The van der Waals surface area contributed by atoms with Crippen molar-refractivity contribution < 1.29 is 4.74 Å². The smallest absolute Gasteiger partial charge is 0.204 e. The molecule has 0 radical (unpaired) electrons. The maximum atomic E-state index is 8.58. The molecular weight excluding hydrogens is 386 g/mol. The van der Waals surface area contributed by atoms with E-state index in [1.165, 1.54) is 16.9 Å². The molecule has 1 aromatic carbocycles. The quantitative estimate of drug-likeness (QED) is 0.366. The fourth-order valence-electron chi connectivity index (χ4n) is 3.66. The molecule has 144 valence electrons. The van der Waals surface area contributed by atoms with E-state index in [1.807, 2.05) is 6.07 Å². The Kier molecular flexibility index (Phi) is 4.69. The summed E-state index contributed by atoms with van der Waals surface area (Å²) in [6, 6.07) is 12.5. The number of nitrogens with zero attached hydrogens (tertiary/aromatic N) is 7. The zero-order valence-corrected chi connectivity index (χ0v) is 16.3. The molecule has 0 N–H and O–H groups in total. The fraction of sp³-hybridized carbons (Fsp3) is 0.250. The number of azide groups is 1. The Morgan fingerprint density at radius 2 is 2.03 bits per heavy atom. The summed E-state index contributed by atoms with van der Waals surface area (Å²) in [6.07, 6.45) is 3.11. The standard InChI is InChI=1S/C20H17N7OS/c21-26-25-20-24-23-19(29-20)14-5-4-13-6-7-15(16(13)12-14)17-2-1-3-18(22-17)27-8-10-28-11-9-27/h1-5,7,12H,6,8-11H2. The minimum absolute atomic E-state index is 0.318. The average Bonchev–Trinajstić information content (AvgIpc) is 3.41. The molecule has 1 aliphatic carbocycles. The van der Waals surface area contributed by atoms with Gasteiger partial charge in [0.25, 0.3) is 0 Å². The van der Waals surface area contributed by atoms with Gasteiger partial charge in [-0.25, -0.2) is 4.98 Å². The first kappa shape index (κ1) is 17.8. The first-order chi connectivity index (χ1) is 14.3. The normalized spacial score (nSPS) is 15.6. The van der Waals surface area contributed by atoms with Crippen LogP contribution in [0.25, 0.3) is 26.6 Å². The number of ether oxygens (including phenoxy) is 1. The van der Waals surface area contributed by atoms with Crippen molar-refractivity contribution in [2.24, 2.45) is 5.11 Å². The maximum Gasteiger partial charge on any atom is 0.204 e. The number of benzene rings is 1. The predicted molar refractivity (Wildman–Crippen MR) is 112 cm³/mol. The van der Waals surface area contributed by atoms with E-state index in [4.69, 9.17) is 15.3 Å². The van der Waals surface area contributed by atoms with Crippen LogP contribution in [0.5, 0.6) is 0 Å². The van der Waals surface area contributed by atoms with E-state index in [1.54, 1.807) is 0 Å². The van der Waals surface area contributed by atoms with Crippen LogP contribution in [-0.4, -0.2) is 41.5 Å². The van der Waals surface area contributed by atoms with Gasteiger partial charge < -0.3 is 9.64 Å². The van der Waals surface area contributed by atoms with Gasteiger partial charge in [0.15, 0.2) is 0 Å². The summed E-state index contributed by atoms with van der Waals surface area (Å²) in [5.41, 5.74) is 14.1. The zero-order valence-electron chi connectivity index (χ0n) is 15.5. The van der Waals surface area contributed by atoms with E-state index >= 15 is 0 Å². The molecule has 29 heavy (non-hydrogen) atoms. The van der Waals surface area contributed by atoms with Gasteiger partial charge in [0.05, 0.1) is 18.9 Å². The summed E-state index contributed by atoms with van der Waals surface area (Å²) in [7, 11) is 0. The van der Waals surface area contributed by atoms with E-state index < -0.39 is 0 Å². The predicted octanol–water partition coefficient (Wildman–Crippen LogP) is 4.37. The third kappa shape index (κ3) is 3.47. The molecule has 1 saturated heterocycles. The first-order valence-corrected chi connectivity index (χ1v) is 10.2. The Labute approximate surface area is 171 Å². The first-order valence-electron chi connectivity index (χ1n) is 9.34. The Morgan fingerprint density at radius 3 is 2.90 bits per heavy atom. The number of fused-ring (bicyclic) bond motifs is 1. The van der Waals surface area contributed by atoms with Crippen molar-refractivity contribution in [2.45, 2.75) is 6.42 Å². The van der Waals surface area contributed by atoms with Crippen LogP contribution in [0.15, 0.2) is 47.6 Å². The highest BCUT2D eigenvalue weighted by atomic mass is 32.1. The van der Waals surface area contributed by atoms with Crippen LogP contribution < -0.4 is 4.90 Å². The Balaban J connectivity index is 1.48. The molecule has 0 amide bonds. The molecule has 3 aromatic rings. The highest BCUT2D eigenvalue weighted by molar-refractivity contribution is 7.18. The molecule has 0 saturated carbocycles. The highest BCUT2D eigenvalue weighted by Crippen LogP contribution is 2.37. The van der Waals surface area contributed by atoms with E-state index in [0.717, 1.165) is 65.9 Å². The molecule has 9 heteroatoms. The van der Waals surface area contributed by atoms with Crippen LogP contribution in [0.2, 0.25) is 0 Å². The number of hydrogen-bond acceptors (Lipinski definition) is 7. The van der Waals surface area contributed by atoms with Crippen molar-refractivity contribution in [2.75, 3.05) is 31.2 Å². The number of hydrogen-bond donors (Lipinski definition) is 0. The van der Waals surface area contributed by atoms with E-state index in [9.17, 15) is 0 Å². The lowest BCUT2D eigenvalue weighted by Gasteiger charge is -2.28. The minimum Gasteiger partial charge on any atom is -0.378 e. The minimum atomic E-state index is 0.318. The SMILES string of the molecule is [N-]=[N+]=Nc1nnc(-c2ccc3c(c2)C(c2cccc(N4CCOCC4)n2)=CC3)s1. The van der Waals surface area contributed by atoms with Gasteiger partial charge >= 0.3 is 0 Å². The fourth-order valence-corrected chi connectivity index (χ4v) is 4.31. The van der Waals surface area contributed by atoms with Crippen molar-refractivity contribution in [3.63, 3.8) is 0 Å². The lowest BCUT2D eigenvalue weighted by atomic mass is 10.0. The number of rotatable bonds is 4. The molecule has 3 heterocycles. The lowest BCUT2D eigenvalue weighted by Crippen LogP contribution is -2.36. The number of pyridine rings is 1. The van der Waals surface area contributed by atoms with Gasteiger partial charge in [-0.2, -0.15) is 0 Å². The summed E-state index contributed by atoms with van der Waals surface area (Å²) in [5.74, 6) is 0.986. The molecule has 0 spiro atoms. The third-order valence-corrected chi connectivity index (χ3v) is 5.92. The molecular formula is C20H17N7OS. The molecule has 2 aromatic heterocycles. The number of anilines is 1. The van der Waals surface area contributed by atoms with Crippen molar-refractivity contribution in [3.8, 4) is 10.6 Å². The zero-order chi connectivity index (χ0) is 19.6. The van der Waals surface area contributed by atoms with E-state index in [2.05, 4.69) is 61.5 Å². The van der Waals surface area contributed by atoms with Gasteiger partial charge in [-0.05, 0) is 46.4 Å². The summed E-state index contributed by atoms with van der Waals surface area (Å²) in [4.78, 5) is 9.96. The van der Waals surface area contributed by atoms with Gasteiger partial charge in [-0.1, -0.05) is 35.6 Å². The highest BCUT2D eigenvalue weighted by Gasteiger charge is 2.20. The van der Waals surface area contributed by atoms with Crippen molar-refractivity contribution in [1.29, 1.82) is 0 Å². The largest absolute Gasteiger partial charge is 0.378 e. The van der Waals surface area contributed by atoms with Crippen LogP contribution in [0, 0.1) is 0 Å². The Morgan fingerprint density at radius 1 is 1.14 bits per heavy atom.